The molecule has 3 N–H and O–H groups in total. The zero-order chi connectivity index (χ0) is 18.5. The SMILES string of the molecule is Cc1ccc(CNC(=O)C2CCN(Cc3noc(CN)n3)CC2)cc1F. The highest BCUT2D eigenvalue weighted by Crippen LogP contribution is 2.19. The van der Waals surface area contributed by atoms with Crippen LogP contribution in [0.25, 0.3) is 0 Å². The second kappa shape index (κ2) is 8.37. The number of aromatic nitrogens is 2. The van der Waals surface area contributed by atoms with Crippen LogP contribution in [0.1, 0.15) is 35.7 Å². The molecule has 3 rings (SSSR count). The predicted octanol–water partition coefficient (Wildman–Crippen LogP) is 1.50. The first-order valence-corrected chi connectivity index (χ1v) is 8.81. The number of carbonyl (C=O) groups is 1. The molecule has 0 bridgehead atoms. The van der Waals surface area contributed by atoms with E-state index >= 15 is 0 Å². The number of hydrogen-bond acceptors (Lipinski definition) is 6. The van der Waals surface area contributed by atoms with Crippen LogP contribution < -0.4 is 11.1 Å². The fraction of sp³-hybridized carbons (Fsp3) is 0.500. The van der Waals surface area contributed by atoms with E-state index < -0.39 is 0 Å². The lowest BCUT2D eigenvalue weighted by Crippen LogP contribution is -2.40. The standard InChI is InChI=1S/C18H24FN5O2/c1-12-2-3-13(8-15(12)19)10-21-18(25)14-4-6-24(7-5-14)11-16-22-17(9-20)26-23-16/h2-3,8,14H,4-7,9-11,20H2,1H3,(H,21,25). The topological polar surface area (TPSA) is 97.3 Å². The number of hydrogen-bond donors (Lipinski definition) is 2. The maximum Gasteiger partial charge on any atom is 0.240 e. The van der Waals surface area contributed by atoms with E-state index in [4.69, 9.17) is 10.3 Å². The summed E-state index contributed by atoms with van der Waals surface area (Å²) in [4.78, 5) is 18.8. The van der Waals surface area contributed by atoms with Crippen molar-refractivity contribution in [1.29, 1.82) is 0 Å². The minimum absolute atomic E-state index is 0.0218. The molecular weight excluding hydrogens is 337 g/mol. The fourth-order valence-electron chi connectivity index (χ4n) is 3.07. The molecular formula is C18H24FN5O2. The van der Waals surface area contributed by atoms with Gasteiger partial charge in [0.25, 0.3) is 0 Å². The van der Waals surface area contributed by atoms with Crippen LogP contribution in [0.15, 0.2) is 22.7 Å². The van der Waals surface area contributed by atoms with Crippen molar-refractivity contribution in [2.24, 2.45) is 11.7 Å². The fourth-order valence-corrected chi connectivity index (χ4v) is 3.07. The molecule has 1 aromatic heterocycles. The van der Waals surface area contributed by atoms with Crippen LogP contribution >= 0.6 is 0 Å². The monoisotopic (exact) mass is 361 g/mol. The van der Waals surface area contributed by atoms with Gasteiger partial charge < -0.3 is 15.6 Å². The van der Waals surface area contributed by atoms with Gasteiger partial charge in [-0.2, -0.15) is 4.98 Å². The molecule has 0 unspecified atom stereocenters. The molecule has 1 saturated heterocycles. The number of aryl methyl sites for hydroxylation is 1. The number of benzene rings is 1. The van der Waals surface area contributed by atoms with Gasteiger partial charge in [0, 0.05) is 12.5 Å². The Balaban J connectivity index is 1.43. The number of carbonyl (C=O) groups excluding carboxylic acids is 1. The summed E-state index contributed by atoms with van der Waals surface area (Å²) >= 11 is 0. The summed E-state index contributed by atoms with van der Waals surface area (Å²) in [7, 11) is 0. The van der Waals surface area contributed by atoms with Crippen molar-refractivity contribution in [2.45, 2.75) is 39.4 Å². The van der Waals surface area contributed by atoms with Gasteiger partial charge in [-0.25, -0.2) is 4.39 Å². The molecule has 1 aliphatic rings. The summed E-state index contributed by atoms with van der Waals surface area (Å²) in [6.07, 6.45) is 1.55. The van der Waals surface area contributed by atoms with Gasteiger partial charge in [-0.3, -0.25) is 9.69 Å². The van der Waals surface area contributed by atoms with Crippen LogP contribution in [-0.2, 0) is 24.4 Å². The summed E-state index contributed by atoms with van der Waals surface area (Å²) in [5.74, 6) is 0.808. The Morgan fingerprint density at radius 3 is 2.85 bits per heavy atom. The molecule has 26 heavy (non-hydrogen) atoms. The van der Waals surface area contributed by atoms with Gasteiger partial charge in [0.1, 0.15) is 5.82 Å². The highest BCUT2D eigenvalue weighted by atomic mass is 19.1. The van der Waals surface area contributed by atoms with E-state index in [1.54, 1.807) is 13.0 Å². The lowest BCUT2D eigenvalue weighted by Gasteiger charge is -2.30. The molecule has 1 amide bonds. The summed E-state index contributed by atoms with van der Waals surface area (Å²) in [6.45, 7) is 4.49. The van der Waals surface area contributed by atoms with Crippen LogP contribution in [0.4, 0.5) is 4.39 Å². The molecule has 1 aliphatic heterocycles. The summed E-state index contributed by atoms with van der Waals surface area (Å²) < 4.78 is 18.6. The number of likely N-dealkylation sites (tertiary alicyclic amines) is 1. The van der Waals surface area contributed by atoms with E-state index in [9.17, 15) is 9.18 Å². The average Bonchev–Trinajstić information content (AvgIpc) is 3.10. The largest absolute Gasteiger partial charge is 0.352 e. The van der Waals surface area contributed by atoms with Crippen LogP contribution in [0.2, 0.25) is 0 Å². The minimum atomic E-state index is -0.246. The molecule has 2 aromatic rings. The van der Waals surface area contributed by atoms with Crippen LogP contribution in [-0.4, -0.2) is 34.0 Å². The summed E-state index contributed by atoms with van der Waals surface area (Å²) in [5, 5.41) is 6.81. The van der Waals surface area contributed by atoms with Gasteiger partial charge in [0.2, 0.25) is 11.8 Å². The molecule has 0 aliphatic carbocycles. The Kier molecular flexibility index (Phi) is 5.95. The summed E-state index contributed by atoms with van der Waals surface area (Å²) in [5.41, 5.74) is 6.83. The third-order valence-electron chi connectivity index (χ3n) is 4.71. The zero-order valence-corrected chi connectivity index (χ0v) is 14.9. The molecule has 7 nitrogen and oxygen atoms in total. The second-order valence-electron chi connectivity index (χ2n) is 6.66. The van der Waals surface area contributed by atoms with E-state index in [2.05, 4.69) is 20.4 Å². The molecule has 1 aromatic carbocycles. The number of nitrogens with zero attached hydrogens (tertiary/aromatic N) is 3. The van der Waals surface area contributed by atoms with Crippen molar-refractivity contribution >= 4 is 5.91 Å². The molecule has 8 heteroatoms. The van der Waals surface area contributed by atoms with E-state index in [0.717, 1.165) is 31.5 Å². The first-order chi connectivity index (χ1) is 12.5. The van der Waals surface area contributed by atoms with E-state index in [1.165, 1.54) is 6.07 Å². The molecule has 0 spiro atoms. The number of nitrogens with one attached hydrogen (secondary N) is 1. The van der Waals surface area contributed by atoms with Crippen LogP contribution in [0, 0.1) is 18.7 Å². The number of halogens is 1. The third-order valence-corrected chi connectivity index (χ3v) is 4.71. The maximum atomic E-state index is 13.6. The Morgan fingerprint density at radius 2 is 2.19 bits per heavy atom. The predicted molar refractivity (Wildman–Crippen MR) is 93.2 cm³/mol. The molecule has 0 atom stereocenters. The van der Waals surface area contributed by atoms with E-state index in [1.807, 2.05) is 6.07 Å². The zero-order valence-electron chi connectivity index (χ0n) is 14.9. The van der Waals surface area contributed by atoms with Crippen molar-refractivity contribution in [3.8, 4) is 0 Å². The Labute approximate surface area is 151 Å². The summed E-state index contributed by atoms with van der Waals surface area (Å²) in [6, 6.07) is 5.03. The van der Waals surface area contributed by atoms with Crippen molar-refractivity contribution in [3.05, 3.63) is 46.9 Å². The first-order valence-electron chi connectivity index (χ1n) is 8.81. The normalized spacial score (nSPS) is 16.0. The Bertz CT molecular complexity index is 756. The number of amides is 1. The Morgan fingerprint density at radius 1 is 1.42 bits per heavy atom. The second-order valence-corrected chi connectivity index (χ2v) is 6.66. The van der Waals surface area contributed by atoms with Crippen LogP contribution in [0.5, 0.6) is 0 Å². The lowest BCUT2D eigenvalue weighted by atomic mass is 9.96. The number of nitrogens with two attached hydrogens (primary N) is 1. The highest BCUT2D eigenvalue weighted by molar-refractivity contribution is 5.78. The smallest absolute Gasteiger partial charge is 0.240 e. The first kappa shape index (κ1) is 18.5. The highest BCUT2D eigenvalue weighted by Gasteiger charge is 2.25. The van der Waals surface area contributed by atoms with Gasteiger partial charge >= 0.3 is 0 Å². The maximum absolute atomic E-state index is 13.6. The molecule has 140 valence electrons. The van der Waals surface area contributed by atoms with Gasteiger partial charge in [-0.1, -0.05) is 17.3 Å². The third kappa shape index (κ3) is 4.64. The molecule has 1 fully saturated rings. The Hall–Kier alpha value is -2.32. The van der Waals surface area contributed by atoms with Crippen LogP contribution in [0.3, 0.4) is 0 Å². The van der Waals surface area contributed by atoms with Crippen molar-refractivity contribution in [1.82, 2.24) is 20.4 Å². The van der Waals surface area contributed by atoms with Crippen molar-refractivity contribution in [2.75, 3.05) is 13.1 Å². The quantitative estimate of drug-likeness (QED) is 0.809. The van der Waals surface area contributed by atoms with Crippen molar-refractivity contribution < 1.29 is 13.7 Å². The molecule has 2 heterocycles. The number of piperidine rings is 1. The van der Waals surface area contributed by atoms with Crippen molar-refractivity contribution in [3.63, 3.8) is 0 Å². The lowest BCUT2D eigenvalue weighted by molar-refractivity contribution is -0.126. The van der Waals surface area contributed by atoms with Gasteiger partial charge in [-0.05, 0) is 50.0 Å². The molecule has 0 saturated carbocycles. The van der Waals surface area contributed by atoms with Gasteiger partial charge in [0.05, 0.1) is 13.1 Å². The number of rotatable bonds is 6. The average molecular weight is 361 g/mol. The van der Waals surface area contributed by atoms with E-state index in [0.29, 0.717) is 30.4 Å². The van der Waals surface area contributed by atoms with E-state index in [-0.39, 0.29) is 24.2 Å². The minimum Gasteiger partial charge on any atom is -0.352 e. The van der Waals surface area contributed by atoms with Gasteiger partial charge in [-0.15, -0.1) is 0 Å². The molecule has 0 radical (unpaired) electrons. The van der Waals surface area contributed by atoms with Gasteiger partial charge in [0.15, 0.2) is 5.82 Å².